The van der Waals surface area contributed by atoms with E-state index in [1.807, 2.05) is 0 Å². The number of benzene rings is 1. The summed E-state index contributed by atoms with van der Waals surface area (Å²) < 4.78 is 13.5. The molecule has 2 atom stereocenters. The van der Waals surface area contributed by atoms with Crippen LogP contribution in [0.25, 0.3) is 0 Å². The second kappa shape index (κ2) is 6.32. The standard InChI is InChI=1S/C13H12ClFN6O3/c14-7-2-1-3-8(15)6(7)4-16-20-9(22)5-21-11-10(18-13(21)24)17-12(23)19-11/h1-4,10-11H,5H2,(H,18,24)(H,20,22)(H2,17,19,23). The van der Waals surface area contributed by atoms with E-state index in [1.54, 1.807) is 0 Å². The summed E-state index contributed by atoms with van der Waals surface area (Å²) in [6.45, 7) is -0.336. The summed E-state index contributed by atoms with van der Waals surface area (Å²) in [7, 11) is 0. The van der Waals surface area contributed by atoms with Gasteiger partial charge in [-0.05, 0) is 12.1 Å². The van der Waals surface area contributed by atoms with E-state index in [9.17, 15) is 18.8 Å². The molecule has 3 rings (SSSR count). The Balaban J connectivity index is 1.59. The van der Waals surface area contributed by atoms with Crippen molar-refractivity contribution in [3.05, 3.63) is 34.6 Å². The maximum absolute atomic E-state index is 13.5. The third kappa shape index (κ3) is 3.08. The van der Waals surface area contributed by atoms with Crippen LogP contribution in [-0.4, -0.2) is 48.0 Å². The second-order valence-electron chi connectivity index (χ2n) is 5.05. The molecule has 9 nitrogen and oxygen atoms in total. The van der Waals surface area contributed by atoms with Crippen molar-refractivity contribution in [2.24, 2.45) is 5.10 Å². The van der Waals surface area contributed by atoms with E-state index in [2.05, 4.69) is 26.5 Å². The smallest absolute Gasteiger partial charge is 0.314 e. The zero-order chi connectivity index (χ0) is 17.3. The van der Waals surface area contributed by atoms with E-state index in [1.165, 1.54) is 18.2 Å². The first-order valence-electron chi connectivity index (χ1n) is 6.86. The number of nitrogens with zero attached hydrogens (tertiary/aromatic N) is 2. The SMILES string of the molecule is O=C(CN1C(=O)NC2NC(=O)NC21)NN=Cc1c(F)cccc1Cl. The van der Waals surface area contributed by atoms with Crippen LogP contribution in [0.1, 0.15) is 5.56 Å². The van der Waals surface area contributed by atoms with Gasteiger partial charge in [-0.25, -0.2) is 19.4 Å². The van der Waals surface area contributed by atoms with Crippen molar-refractivity contribution in [3.63, 3.8) is 0 Å². The van der Waals surface area contributed by atoms with Gasteiger partial charge in [0.05, 0.1) is 11.2 Å². The highest BCUT2D eigenvalue weighted by Gasteiger charge is 2.45. The number of fused-ring (bicyclic) bond motifs is 1. The van der Waals surface area contributed by atoms with Gasteiger partial charge in [-0.1, -0.05) is 17.7 Å². The maximum atomic E-state index is 13.5. The van der Waals surface area contributed by atoms with Crippen LogP contribution in [0.2, 0.25) is 5.02 Å². The van der Waals surface area contributed by atoms with Gasteiger partial charge in [0.25, 0.3) is 5.91 Å². The number of nitrogens with one attached hydrogen (secondary N) is 4. The number of amides is 5. The summed E-state index contributed by atoms with van der Waals surface area (Å²) in [5.41, 5.74) is 2.21. The molecule has 2 aliphatic rings. The molecular weight excluding hydrogens is 343 g/mol. The largest absolute Gasteiger partial charge is 0.321 e. The molecule has 2 heterocycles. The first kappa shape index (κ1) is 16.0. The molecule has 2 fully saturated rings. The van der Waals surface area contributed by atoms with Gasteiger partial charge < -0.3 is 16.0 Å². The quantitative estimate of drug-likeness (QED) is 0.448. The van der Waals surface area contributed by atoms with E-state index < -0.39 is 36.1 Å². The molecular formula is C13H12ClFN6O3. The molecule has 0 aliphatic carbocycles. The number of carbonyl (C=O) groups excluding carboxylic acids is 3. The Morgan fingerprint density at radius 3 is 2.92 bits per heavy atom. The van der Waals surface area contributed by atoms with Crippen molar-refractivity contribution >= 4 is 35.8 Å². The molecule has 1 aromatic rings. The Bertz CT molecular complexity index is 722. The Labute approximate surface area is 140 Å². The van der Waals surface area contributed by atoms with Crippen molar-refractivity contribution < 1.29 is 18.8 Å². The average molecular weight is 355 g/mol. The third-order valence-electron chi connectivity index (χ3n) is 3.45. The van der Waals surface area contributed by atoms with Crippen molar-refractivity contribution in [1.82, 2.24) is 26.3 Å². The average Bonchev–Trinajstić information content (AvgIpc) is 2.99. The van der Waals surface area contributed by atoms with Crippen molar-refractivity contribution in [1.29, 1.82) is 0 Å². The van der Waals surface area contributed by atoms with Gasteiger partial charge >= 0.3 is 12.1 Å². The molecule has 2 unspecified atom stereocenters. The molecule has 0 radical (unpaired) electrons. The molecule has 24 heavy (non-hydrogen) atoms. The van der Waals surface area contributed by atoms with Crippen LogP contribution >= 0.6 is 11.6 Å². The fourth-order valence-electron chi connectivity index (χ4n) is 2.36. The molecule has 11 heteroatoms. The molecule has 4 N–H and O–H groups in total. The highest BCUT2D eigenvalue weighted by Crippen LogP contribution is 2.16. The molecule has 5 amide bonds. The second-order valence-corrected chi connectivity index (χ2v) is 5.45. The molecule has 1 aromatic carbocycles. The van der Waals surface area contributed by atoms with Crippen molar-refractivity contribution in [3.8, 4) is 0 Å². The van der Waals surface area contributed by atoms with Crippen LogP contribution in [0.5, 0.6) is 0 Å². The molecule has 2 aliphatic heterocycles. The molecule has 0 saturated carbocycles. The molecule has 0 aromatic heterocycles. The maximum Gasteiger partial charge on any atom is 0.321 e. The van der Waals surface area contributed by atoms with Gasteiger partial charge in [0.2, 0.25) is 0 Å². The van der Waals surface area contributed by atoms with E-state index in [-0.39, 0.29) is 17.1 Å². The first-order valence-corrected chi connectivity index (χ1v) is 7.23. The third-order valence-corrected chi connectivity index (χ3v) is 3.78. The number of rotatable bonds is 4. The van der Waals surface area contributed by atoms with E-state index >= 15 is 0 Å². The normalized spacial score (nSPS) is 22.2. The predicted octanol–water partition coefficient (Wildman–Crippen LogP) is -0.0806. The lowest BCUT2D eigenvalue weighted by molar-refractivity contribution is -0.121. The minimum atomic E-state index is -0.666. The van der Waals surface area contributed by atoms with Gasteiger partial charge in [-0.3, -0.25) is 9.69 Å². The summed E-state index contributed by atoms with van der Waals surface area (Å²) in [6.07, 6.45) is -0.194. The van der Waals surface area contributed by atoms with Crippen molar-refractivity contribution in [2.75, 3.05) is 6.54 Å². The Morgan fingerprint density at radius 2 is 2.17 bits per heavy atom. The number of carbonyl (C=O) groups is 3. The lowest BCUT2D eigenvalue weighted by atomic mass is 10.2. The highest BCUT2D eigenvalue weighted by atomic mass is 35.5. The fourth-order valence-corrected chi connectivity index (χ4v) is 2.57. The van der Waals surface area contributed by atoms with E-state index in [0.717, 1.165) is 11.1 Å². The summed E-state index contributed by atoms with van der Waals surface area (Å²) in [4.78, 5) is 36.0. The number of hydrogen-bond donors (Lipinski definition) is 4. The molecule has 2 saturated heterocycles. The minimum absolute atomic E-state index is 0.0331. The molecule has 126 valence electrons. The van der Waals surface area contributed by atoms with Crippen LogP contribution < -0.4 is 21.4 Å². The van der Waals surface area contributed by atoms with Gasteiger partial charge in [0, 0.05) is 5.56 Å². The van der Waals surface area contributed by atoms with Gasteiger partial charge in [0.15, 0.2) is 0 Å². The zero-order valence-corrected chi connectivity index (χ0v) is 12.8. The first-order chi connectivity index (χ1) is 11.5. The van der Waals surface area contributed by atoms with Crippen LogP contribution in [0, 0.1) is 5.82 Å². The van der Waals surface area contributed by atoms with Crippen LogP contribution in [0.15, 0.2) is 23.3 Å². The van der Waals surface area contributed by atoms with Gasteiger partial charge in [-0.2, -0.15) is 5.10 Å². The fraction of sp³-hybridized carbons (Fsp3) is 0.231. The van der Waals surface area contributed by atoms with Crippen LogP contribution in [0.4, 0.5) is 14.0 Å². The Hall–Kier alpha value is -2.88. The molecule has 0 spiro atoms. The number of urea groups is 2. The number of hydrazone groups is 1. The van der Waals surface area contributed by atoms with Crippen molar-refractivity contribution in [2.45, 2.75) is 12.3 Å². The number of halogens is 2. The lowest BCUT2D eigenvalue weighted by Gasteiger charge is -2.19. The van der Waals surface area contributed by atoms with Gasteiger partial charge in [0.1, 0.15) is 24.7 Å². The zero-order valence-electron chi connectivity index (χ0n) is 12.0. The van der Waals surface area contributed by atoms with E-state index in [0.29, 0.717) is 0 Å². The Kier molecular flexibility index (Phi) is 4.21. The summed E-state index contributed by atoms with van der Waals surface area (Å²) in [5, 5.41) is 11.3. The molecule has 0 bridgehead atoms. The summed E-state index contributed by atoms with van der Waals surface area (Å²) in [5.74, 6) is -1.20. The number of hydrogen-bond acceptors (Lipinski definition) is 4. The summed E-state index contributed by atoms with van der Waals surface area (Å²) >= 11 is 5.82. The lowest BCUT2D eigenvalue weighted by Crippen LogP contribution is -2.47. The van der Waals surface area contributed by atoms with Gasteiger partial charge in [-0.15, -0.1) is 0 Å². The monoisotopic (exact) mass is 354 g/mol. The Morgan fingerprint density at radius 1 is 1.38 bits per heavy atom. The minimum Gasteiger partial charge on any atom is -0.314 e. The van der Waals surface area contributed by atoms with Crippen LogP contribution in [-0.2, 0) is 4.79 Å². The highest BCUT2D eigenvalue weighted by molar-refractivity contribution is 6.33. The predicted molar refractivity (Wildman–Crippen MR) is 81.6 cm³/mol. The topological polar surface area (TPSA) is 115 Å². The van der Waals surface area contributed by atoms with Crippen LogP contribution in [0.3, 0.4) is 0 Å². The summed E-state index contributed by atoms with van der Waals surface area (Å²) in [6, 6.07) is 3.19. The van der Waals surface area contributed by atoms with E-state index in [4.69, 9.17) is 11.6 Å².